The Morgan fingerprint density at radius 2 is 1.57 bits per heavy atom. The third-order valence-electron chi connectivity index (χ3n) is 13.8. The molecular formula is C32H52O3. The Balaban J connectivity index is 1.53. The van der Waals surface area contributed by atoms with Crippen LogP contribution in [0.1, 0.15) is 113 Å². The van der Waals surface area contributed by atoms with E-state index in [2.05, 4.69) is 48.1 Å². The van der Waals surface area contributed by atoms with Crippen molar-refractivity contribution in [1.29, 1.82) is 0 Å². The van der Waals surface area contributed by atoms with Crippen LogP contribution in [0.2, 0.25) is 0 Å². The molecule has 198 valence electrons. The van der Waals surface area contributed by atoms with Crippen molar-refractivity contribution in [3.63, 3.8) is 0 Å². The van der Waals surface area contributed by atoms with Crippen molar-refractivity contribution in [3.8, 4) is 0 Å². The maximum Gasteiger partial charge on any atom is 0.302 e. The van der Waals surface area contributed by atoms with Crippen LogP contribution in [-0.4, -0.2) is 23.8 Å². The minimum Gasteiger partial charge on any atom is -0.465 e. The second-order valence-electron chi connectivity index (χ2n) is 15.2. The summed E-state index contributed by atoms with van der Waals surface area (Å²) in [5.74, 6) is 3.04. The van der Waals surface area contributed by atoms with Crippen molar-refractivity contribution in [2.75, 3.05) is 6.61 Å². The maximum absolute atomic E-state index is 11.9. The highest BCUT2D eigenvalue weighted by Gasteiger charge is 2.70. The fourth-order valence-corrected chi connectivity index (χ4v) is 11.8. The Hall–Kier alpha value is -0.830. The normalized spacial score (nSPS) is 52.5. The van der Waals surface area contributed by atoms with Gasteiger partial charge in [0.1, 0.15) is 0 Å². The average Bonchev–Trinajstić information content (AvgIpc) is 3.16. The number of allylic oxidation sites excluding steroid dienone is 1. The van der Waals surface area contributed by atoms with Crippen molar-refractivity contribution in [2.45, 2.75) is 119 Å². The molecule has 5 aliphatic rings. The molecule has 5 fully saturated rings. The van der Waals surface area contributed by atoms with Gasteiger partial charge >= 0.3 is 5.97 Å². The summed E-state index contributed by atoms with van der Waals surface area (Å²) >= 11 is 0. The largest absolute Gasteiger partial charge is 0.465 e. The third kappa shape index (κ3) is 3.34. The van der Waals surface area contributed by atoms with Gasteiger partial charge < -0.3 is 9.84 Å². The first-order chi connectivity index (χ1) is 16.2. The monoisotopic (exact) mass is 484 g/mol. The van der Waals surface area contributed by atoms with Gasteiger partial charge in [0, 0.05) is 12.3 Å². The number of hydrogen-bond acceptors (Lipinski definition) is 3. The highest BCUT2D eigenvalue weighted by atomic mass is 16.5. The molecule has 0 aliphatic heterocycles. The minimum atomic E-state index is -0.164. The van der Waals surface area contributed by atoms with Gasteiger partial charge in [-0.2, -0.15) is 0 Å². The predicted molar refractivity (Wildman–Crippen MR) is 142 cm³/mol. The summed E-state index contributed by atoms with van der Waals surface area (Å²) < 4.78 is 5.79. The van der Waals surface area contributed by atoms with E-state index in [0.717, 1.165) is 12.3 Å². The second-order valence-corrected chi connectivity index (χ2v) is 15.2. The molecule has 10 atom stereocenters. The van der Waals surface area contributed by atoms with Crippen LogP contribution in [0.25, 0.3) is 0 Å². The van der Waals surface area contributed by atoms with Crippen LogP contribution in [0.5, 0.6) is 0 Å². The molecule has 0 aromatic heterocycles. The van der Waals surface area contributed by atoms with Crippen LogP contribution in [0.3, 0.4) is 0 Å². The number of hydrogen-bond donors (Lipinski definition) is 1. The first kappa shape index (κ1) is 25.8. The van der Waals surface area contributed by atoms with Crippen molar-refractivity contribution in [1.82, 2.24) is 0 Å². The Bertz CT molecular complexity index is 891. The quantitative estimate of drug-likeness (QED) is 0.332. The first-order valence-corrected chi connectivity index (χ1v) is 14.7. The summed E-state index contributed by atoms with van der Waals surface area (Å²) in [5.41, 5.74) is 2.45. The van der Waals surface area contributed by atoms with Gasteiger partial charge in [0.2, 0.25) is 0 Å². The number of rotatable bonds is 3. The number of carbonyl (C=O) groups excluding carboxylic acids is 1. The third-order valence-corrected chi connectivity index (χ3v) is 13.8. The summed E-state index contributed by atoms with van der Waals surface area (Å²) in [5, 5.41) is 10.9. The molecule has 0 amide bonds. The lowest BCUT2D eigenvalue weighted by Crippen LogP contribution is -2.66. The van der Waals surface area contributed by atoms with Gasteiger partial charge in [0.25, 0.3) is 0 Å². The lowest BCUT2D eigenvalue weighted by molar-refractivity contribution is -0.249. The van der Waals surface area contributed by atoms with E-state index in [0.29, 0.717) is 46.5 Å². The zero-order chi connectivity index (χ0) is 25.6. The smallest absolute Gasteiger partial charge is 0.302 e. The molecule has 5 rings (SSSR count). The highest BCUT2D eigenvalue weighted by Crippen LogP contribution is 2.77. The number of fused-ring (bicyclic) bond motifs is 7. The van der Waals surface area contributed by atoms with Crippen LogP contribution < -0.4 is 0 Å². The van der Waals surface area contributed by atoms with Gasteiger partial charge in [0.05, 0.1) is 12.7 Å². The fourth-order valence-electron chi connectivity index (χ4n) is 11.8. The summed E-state index contributed by atoms with van der Waals surface area (Å²) in [6, 6.07) is 0. The molecule has 5 saturated carbocycles. The molecule has 0 radical (unpaired) electrons. The topological polar surface area (TPSA) is 46.5 Å². The van der Waals surface area contributed by atoms with Gasteiger partial charge in [-0.1, -0.05) is 46.8 Å². The molecule has 0 saturated heterocycles. The van der Waals surface area contributed by atoms with E-state index in [1.54, 1.807) is 6.92 Å². The maximum atomic E-state index is 11.9. The van der Waals surface area contributed by atoms with Gasteiger partial charge in [-0.15, -0.1) is 0 Å². The highest BCUT2D eigenvalue weighted by molar-refractivity contribution is 5.65. The van der Waals surface area contributed by atoms with E-state index in [1.807, 2.05) is 0 Å². The molecular weight excluding hydrogens is 432 g/mol. The molecule has 0 aromatic rings. The van der Waals surface area contributed by atoms with Crippen LogP contribution in [-0.2, 0) is 9.53 Å². The van der Waals surface area contributed by atoms with Crippen LogP contribution in [0, 0.1) is 56.7 Å². The molecule has 0 spiro atoms. The molecule has 2 unspecified atom stereocenters. The molecule has 0 heterocycles. The molecule has 35 heavy (non-hydrogen) atoms. The van der Waals surface area contributed by atoms with Gasteiger partial charge in [0.15, 0.2) is 0 Å². The van der Waals surface area contributed by atoms with Crippen LogP contribution in [0.15, 0.2) is 12.2 Å². The number of aliphatic hydroxyl groups excluding tert-OH is 1. The van der Waals surface area contributed by atoms with E-state index in [-0.39, 0.29) is 22.9 Å². The standard InChI is InChI=1S/C32H52O3/c1-20(2)22-11-16-32(19-35-21(3)33)18-17-30(7)23(27(22)32)9-10-25-29(6)14-13-26(34)28(4,5)24(29)12-15-31(25,30)8/h22-27,34H,1,9-19H2,2-8H3/t22?,23-,24+,25-,26+,27?,29+,30-,31-,32-/m1/s1. The van der Waals surface area contributed by atoms with E-state index in [1.165, 1.54) is 63.4 Å². The minimum absolute atomic E-state index is 0.00826. The van der Waals surface area contributed by atoms with Crippen molar-refractivity contribution >= 4 is 5.97 Å². The van der Waals surface area contributed by atoms with E-state index < -0.39 is 0 Å². The zero-order valence-electron chi connectivity index (χ0n) is 23.7. The van der Waals surface area contributed by atoms with E-state index in [4.69, 9.17) is 4.74 Å². The molecule has 3 nitrogen and oxygen atoms in total. The molecule has 5 aliphatic carbocycles. The number of carbonyl (C=O) groups is 1. The summed E-state index contributed by atoms with van der Waals surface area (Å²) in [6.07, 6.45) is 12.0. The van der Waals surface area contributed by atoms with Gasteiger partial charge in [-0.3, -0.25) is 4.79 Å². The van der Waals surface area contributed by atoms with Gasteiger partial charge in [-0.25, -0.2) is 0 Å². The Morgan fingerprint density at radius 1 is 0.857 bits per heavy atom. The molecule has 0 bridgehead atoms. The zero-order valence-corrected chi connectivity index (χ0v) is 23.7. The van der Waals surface area contributed by atoms with Crippen LogP contribution >= 0.6 is 0 Å². The molecule has 1 N–H and O–H groups in total. The summed E-state index contributed by atoms with van der Waals surface area (Å²) in [7, 11) is 0. The lowest BCUT2D eigenvalue weighted by atomic mass is 9.32. The number of ether oxygens (including phenoxy) is 1. The van der Waals surface area contributed by atoms with Crippen molar-refractivity contribution in [3.05, 3.63) is 12.2 Å². The second kappa shape index (κ2) is 8.08. The van der Waals surface area contributed by atoms with Crippen molar-refractivity contribution in [2.24, 2.45) is 56.7 Å². The Kier molecular flexibility index (Phi) is 5.96. The van der Waals surface area contributed by atoms with E-state index >= 15 is 0 Å². The van der Waals surface area contributed by atoms with E-state index in [9.17, 15) is 9.90 Å². The van der Waals surface area contributed by atoms with Gasteiger partial charge in [-0.05, 0) is 122 Å². The van der Waals surface area contributed by atoms with Crippen LogP contribution in [0.4, 0.5) is 0 Å². The first-order valence-electron chi connectivity index (χ1n) is 14.7. The summed E-state index contributed by atoms with van der Waals surface area (Å²) in [4.78, 5) is 11.9. The average molecular weight is 485 g/mol. The summed E-state index contributed by atoms with van der Waals surface area (Å²) in [6.45, 7) is 21.5. The number of aliphatic hydroxyl groups is 1. The molecule has 0 aromatic carbocycles. The number of esters is 1. The Morgan fingerprint density at radius 3 is 2.23 bits per heavy atom. The SMILES string of the molecule is C=C(C)C1CC[C@]2(COC(C)=O)CC[C@]3(C)[C@H](CC[C@@H]4[C@@]5(C)CC[C@H](O)C(C)(C)[C@@H]5CC[C@]43C)C12. The lowest BCUT2D eigenvalue weighted by Gasteiger charge is -2.73. The Labute approximate surface area is 214 Å². The molecule has 3 heteroatoms. The fraction of sp³-hybridized carbons (Fsp3) is 0.906. The predicted octanol–water partition coefficient (Wildman–Crippen LogP) is 7.57. The van der Waals surface area contributed by atoms with Crippen molar-refractivity contribution < 1.29 is 14.6 Å².